The van der Waals surface area contributed by atoms with Gasteiger partial charge in [-0.3, -0.25) is 24.0 Å². The molecule has 0 bridgehead atoms. The van der Waals surface area contributed by atoms with Crippen LogP contribution in [0.25, 0.3) is 11.1 Å². The zero-order valence-electron chi connectivity index (χ0n) is 25.7. The standard InChI is InChI=1S/C32H39N5O7/c1-32(2,3)44-30(40)34-16-14-33(15-17-34)22-19-35(20-22)24-6-5-7-25-28(24)43-31(41)37(25)26-12-13-27(38)36(29(26)39)18-21-8-10-23(42-4)11-9-21/h5-11,22,26H,12-20H2,1-4H3. The molecule has 6 rings (SSSR count). The molecule has 0 N–H and O–H groups in total. The quantitative estimate of drug-likeness (QED) is 0.390. The molecule has 3 saturated heterocycles. The van der Waals surface area contributed by atoms with Crippen LogP contribution in [0.3, 0.4) is 0 Å². The lowest BCUT2D eigenvalue weighted by Gasteiger charge is -2.49. The van der Waals surface area contributed by atoms with Crippen molar-refractivity contribution in [2.45, 2.75) is 57.8 Å². The number of ether oxygens (including phenoxy) is 2. The summed E-state index contributed by atoms with van der Waals surface area (Å²) >= 11 is 0. The zero-order chi connectivity index (χ0) is 31.2. The van der Waals surface area contributed by atoms with Crippen LogP contribution in [0.4, 0.5) is 10.5 Å². The second-order valence-electron chi connectivity index (χ2n) is 12.6. The minimum atomic E-state index is -0.833. The van der Waals surface area contributed by atoms with Crippen LogP contribution in [0, 0.1) is 0 Å². The Kier molecular flexibility index (Phi) is 7.87. The number of likely N-dealkylation sites (tertiary alicyclic amines) is 1. The van der Waals surface area contributed by atoms with Crippen LogP contribution in [-0.2, 0) is 20.9 Å². The van der Waals surface area contributed by atoms with E-state index in [4.69, 9.17) is 13.9 Å². The SMILES string of the molecule is COc1ccc(CN2C(=O)CCC(n3c(=O)oc4c(N5CC(N6CCN(C(=O)OC(C)(C)C)CC6)C5)cccc43)C2=O)cc1. The van der Waals surface area contributed by atoms with E-state index < -0.39 is 23.3 Å². The van der Waals surface area contributed by atoms with Crippen LogP contribution in [0.15, 0.2) is 51.7 Å². The minimum absolute atomic E-state index is 0.120. The Labute approximate surface area is 255 Å². The van der Waals surface area contributed by atoms with E-state index in [0.29, 0.717) is 36.0 Å². The van der Waals surface area contributed by atoms with Gasteiger partial charge in [0.15, 0.2) is 5.58 Å². The Morgan fingerprint density at radius 3 is 2.34 bits per heavy atom. The Bertz CT molecular complexity index is 1610. The molecule has 44 heavy (non-hydrogen) atoms. The van der Waals surface area contributed by atoms with E-state index in [1.54, 1.807) is 30.2 Å². The summed E-state index contributed by atoms with van der Waals surface area (Å²) in [6.45, 7) is 10.0. The molecule has 0 radical (unpaired) electrons. The molecule has 3 fully saturated rings. The van der Waals surface area contributed by atoms with E-state index in [9.17, 15) is 19.2 Å². The number of oxazole rings is 1. The molecule has 3 aliphatic rings. The van der Waals surface area contributed by atoms with E-state index in [1.807, 2.05) is 45.0 Å². The lowest BCUT2D eigenvalue weighted by molar-refractivity contribution is -0.151. The number of fused-ring (bicyclic) bond motifs is 1. The van der Waals surface area contributed by atoms with Crippen molar-refractivity contribution in [3.05, 3.63) is 58.6 Å². The maximum Gasteiger partial charge on any atom is 0.420 e. The average Bonchev–Trinajstić information content (AvgIpc) is 3.30. The first kappa shape index (κ1) is 29.7. The summed E-state index contributed by atoms with van der Waals surface area (Å²) in [6, 6.07) is 12.3. The van der Waals surface area contributed by atoms with Gasteiger partial charge in [-0.1, -0.05) is 18.2 Å². The number of carbonyl (C=O) groups excluding carboxylic acids is 3. The second kappa shape index (κ2) is 11.6. The fourth-order valence-corrected chi connectivity index (χ4v) is 6.21. The van der Waals surface area contributed by atoms with Gasteiger partial charge in [0.1, 0.15) is 17.4 Å². The van der Waals surface area contributed by atoms with Gasteiger partial charge < -0.3 is 23.7 Å². The Balaban J connectivity index is 1.13. The smallest absolute Gasteiger partial charge is 0.420 e. The van der Waals surface area contributed by atoms with Gasteiger partial charge in [0, 0.05) is 51.7 Å². The lowest BCUT2D eigenvalue weighted by Crippen LogP contribution is -2.63. The van der Waals surface area contributed by atoms with E-state index >= 15 is 0 Å². The van der Waals surface area contributed by atoms with Crippen molar-refractivity contribution in [1.29, 1.82) is 0 Å². The second-order valence-corrected chi connectivity index (χ2v) is 12.6. The third-order valence-electron chi connectivity index (χ3n) is 8.60. The van der Waals surface area contributed by atoms with Gasteiger partial charge in [-0.15, -0.1) is 0 Å². The predicted octanol–water partition coefficient (Wildman–Crippen LogP) is 3.23. The molecule has 3 aliphatic heterocycles. The van der Waals surface area contributed by atoms with Crippen LogP contribution in [0.5, 0.6) is 5.75 Å². The predicted molar refractivity (Wildman–Crippen MR) is 163 cm³/mol. The summed E-state index contributed by atoms with van der Waals surface area (Å²) in [5.41, 5.74) is 2.06. The molecule has 1 atom stereocenters. The number of imide groups is 1. The lowest BCUT2D eigenvalue weighted by atomic mass is 10.0. The summed E-state index contributed by atoms with van der Waals surface area (Å²) in [5, 5.41) is 0. The molecule has 1 aromatic heterocycles. The van der Waals surface area contributed by atoms with Crippen LogP contribution in [0.2, 0.25) is 0 Å². The van der Waals surface area contributed by atoms with Crippen molar-refractivity contribution in [3.8, 4) is 5.75 Å². The summed E-state index contributed by atoms with van der Waals surface area (Å²) in [7, 11) is 1.58. The molecule has 3 aromatic rings. The first-order valence-electron chi connectivity index (χ1n) is 15.1. The molecule has 0 spiro atoms. The van der Waals surface area contributed by atoms with Gasteiger partial charge >= 0.3 is 11.8 Å². The topological polar surface area (TPSA) is 118 Å². The highest BCUT2D eigenvalue weighted by atomic mass is 16.6. The average molecular weight is 606 g/mol. The van der Waals surface area contributed by atoms with Crippen molar-refractivity contribution in [1.82, 2.24) is 19.3 Å². The number of carbonyl (C=O) groups is 3. The third-order valence-corrected chi connectivity index (χ3v) is 8.60. The summed E-state index contributed by atoms with van der Waals surface area (Å²) in [5.74, 6) is -0.603. The van der Waals surface area contributed by atoms with Gasteiger partial charge in [0.2, 0.25) is 5.91 Å². The number of benzene rings is 2. The molecule has 1 unspecified atom stereocenters. The molecule has 4 heterocycles. The number of para-hydroxylation sites is 1. The van der Waals surface area contributed by atoms with Gasteiger partial charge in [-0.05, 0) is 57.0 Å². The molecule has 2 aromatic carbocycles. The number of hydrogen-bond acceptors (Lipinski definition) is 9. The first-order chi connectivity index (χ1) is 21.0. The first-order valence-corrected chi connectivity index (χ1v) is 15.1. The van der Waals surface area contributed by atoms with Crippen molar-refractivity contribution >= 4 is 34.7 Å². The highest BCUT2D eigenvalue weighted by Gasteiger charge is 2.39. The monoisotopic (exact) mass is 605 g/mol. The fourth-order valence-electron chi connectivity index (χ4n) is 6.21. The third kappa shape index (κ3) is 5.78. The Morgan fingerprint density at radius 2 is 1.68 bits per heavy atom. The number of rotatable bonds is 6. The number of hydrogen-bond donors (Lipinski definition) is 0. The van der Waals surface area contributed by atoms with Crippen molar-refractivity contribution < 1.29 is 28.3 Å². The van der Waals surface area contributed by atoms with E-state index in [2.05, 4.69) is 9.80 Å². The largest absolute Gasteiger partial charge is 0.497 e. The highest BCUT2D eigenvalue weighted by molar-refractivity contribution is 6.00. The van der Waals surface area contributed by atoms with Gasteiger partial charge in [-0.2, -0.15) is 0 Å². The van der Waals surface area contributed by atoms with Gasteiger partial charge in [0.25, 0.3) is 5.91 Å². The zero-order valence-corrected chi connectivity index (χ0v) is 25.7. The van der Waals surface area contributed by atoms with Gasteiger partial charge in [-0.25, -0.2) is 9.59 Å². The summed E-state index contributed by atoms with van der Waals surface area (Å²) < 4.78 is 17.9. The highest BCUT2D eigenvalue weighted by Crippen LogP contribution is 2.34. The van der Waals surface area contributed by atoms with Crippen LogP contribution < -0.4 is 15.4 Å². The van der Waals surface area contributed by atoms with E-state index in [1.165, 1.54) is 9.47 Å². The minimum Gasteiger partial charge on any atom is -0.497 e. The number of methoxy groups -OCH3 is 1. The summed E-state index contributed by atoms with van der Waals surface area (Å²) in [4.78, 5) is 59.6. The maximum atomic E-state index is 13.6. The number of nitrogens with zero attached hydrogens (tertiary/aromatic N) is 5. The number of anilines is 1. The normalized spacial score (nSPS) is 20.3. The number of aromatic nitrogens is 1. The Hall–Kier alpha value is -4.32. The van der Waals surface area contributed by atoms with Crippen LogP contribution >= 0.6 is 0 Å². The fraction of sp³-hybridized carbons (Fsp3) is 0.500. The number of amides is 3. The molecule has 0 saturated carbocycles. The van der Waals surface area contributed by atoms with Crippen molar-refractivity contribution in [2.24, 2.45) is 0 Å². The molecule has 3 amide bonds. The maximum absolute atomic E-state index is 13.6. The molecule has 12 nitrogen and oxygen atoms in total. The van der Waals surface area contributed by atoms with Crippen molar-refractivity contribution in [3.63, 3.8) is 0 Å². The van der Waals surface area contributed by atoms with Crippen molar-refractivity contribution in [2.75, 3.05) is 51.3 Å². The van der Waals surface area contributed by atoms with E-state index in [0.717, 1.165) is 37.4 Å². The number of piperazine rings is 1. The molecule has 234 valence electrons. The van der Waals surface area contributed by atoms with Gasteiger partial charge in [0.05, 0.1) is 24.9 Å². The van der Waals surface area contributed by atoms with Crippen LogP contribution in [-0.4, -0.2) is 95.2 Å². The molecular formula is C32H39N5O7. The Morgan fingerprint density at radius 1 is 0.977 bits per heavy atom. The molecule has 0 aliphatic carbocycles. The van der Waals surface area contributed by atoms with E-state index in [-0.39, 0.29) is 31.4 Å². The summed E-state index contributed by atoms with van der Waals surface area (Å²) in [6.07, 6.45) is 0.111. The molecule has 12 heteroatoms. The molecular weight excluding hydrogens is 566 g/mol. The van der Waals surface area contributed by atoms with Crippen LogP contribution in [0.1, 0.15) is 45.2 Å². The number of piperidine rings is 1.